The highest BCUT2D eigenvalue weighted by Gasteiger charge is 1.96. The maximum Gasteiger partial charge on any atom is 0.150 e. The smallest absolute Gasteiger partial charge is 0.150 e. The van der Waals surface area contributed by atoms with Crippen LogP contribution in [0.3, 0.4) is 0 Å². The summed E-state index contributed by atoms with van der Waals surface area (Å²) in [6.45, 7) is 4.07. The van der Waals surface area contributed by atoms with Crippen LogP contribution in [0, 0.1) is 6.92 Å². The summed E-state index contributed by atoms with van der Waals surface area (Å²) in [6.07, 6.45) is 1.93. The molecule has 0 atom stereocenters. The highest BCUT2D eigenvalue weighted by atomic mass is 16.1. The van der Waals surface area contributed by atoms with Crippen molar-refractivity contribution in [3.8, 4) is 0 Å². The number of carbonyl (C=O) groups is 1. The van der Waals surface area contributed by atoms with Crippen molar-refractivity contribution in [1.29, 1.82) is 0 Å². The van der Waals surface area contributed by atoms with Gasteiger partial charge in [0.25, 0.3) is 0 Å². The fourth-order valence-corrected chi connectivity index (χ4v) is 1.09. The fourth-order valence-electron chi connectivity index (χ4n) is 1.09. The third kappa shape index (κ3) is 1.67. The Balaban J connectivity index is 3.09. The van der Waals surface area contributed by atoms with Crippen LogP contribution in [0.4, 0.5) is 0 Å². The fraction of sp³-hybridized carbons (Fsp3) is 0.300. The van der Waals surface area contributed by atoms with Gasteiger partial charge < -0.3 is 0 Å². The minimum atomic E-state index is 0.794. The number of aryl methyl sites for hydroxylation is 2. The van der Waals surface area contributed by atoms with Gasteiger partial charge in [-0.1, -0.05) is 25.1 Å². The molecular weight excluding hydrogens is 136 g/mol. The van der Waals surface area contributed by atoms with Crippen LogP contribution in [0.2, 0.25) is 0 Å². The summed E-state index contributed by atoms with van der Waals surface area (Å²) in [6, 6.07) is 5.93. The van der Waals surface area contributed by atoms with E-state index in [1.54, 1.807) is 0 Å². The topological polar surface area (TPSA) is 17.1 Å². The van der Waals surface area contributed by atoms with Gasteiger partial charge in [-0.25, -0.2) is 0 Å². The maximum atomic E-state index is 10.4. The van der Waals surface area contributed by atoms with Crippen molar-refractivity contribution >= 4 is 6.29 Å². The van der Waals surface area contributed by atoms with Gasteiger partial charge in [0.15, 0.2) is 0 Å². The van der Waals surface area contributed by atoms with E-state index in [-0.39, 0.29) is 0 Å². The summed E-state index contributed by atoms with van der Waals surface area (Å²) < 4.78 is 0. The molecule has 0 aromatic heterocycles. The van der Waals surface area contributed by atoms with Crippen LogP contribution in [0.15, 0.2) is 18.2 Å². The molecule has 0 N–H and O–H groups in total. The van der Waals surface area contributed by atoms with E-state index >= 15 is 0 Å². The summed E-state index contributed by atoms with van der Waals surface area (Å²) in [5, 5.41) is 0. The Morgan fingerprint density at radius 3 is 2.64 bits per heavy atom. The number of rotatable bonds is 2. The average molecular weight is 148 g/mol. The van der Waals surface area contributed by atoms with Crippen molar-refractivity contribution in [3.63, 3.8) is 0 Å². The minimum absolute atomic E-state index is 0.794. The third-order valence-corrected chi connectivity index (χ3v) is 1.87. The van der Waals surface area contributed by atoms with Gasteiger partial charge in [-0.3, -0.25) is 4.79 Å². The van der Waals surface area contributed by atoms with Gasteiger partial charge in [0.1, 0.15) is 6.29 Å². The zero-order chi connectivity index (χ0) is 8.27. The van der Waals surface area contributed by atoms with E-state index in [4.69, 9.17) is 0 Å². The Labute approximate surface area is 67.1 Å². The van der Waals surface area contributed by atoms with E-state index in [1.807, 2.05) is 19.1 Å². The van der Waals surface area contributed by atoms with Crippen LogP contribution in [0.1, 0.15) is 28.4 Å². The first kappa shape index (κ1) is 7.99. The van der Waals surface area contributed by atoms with Crippen LogP contribution in [0.25, 0.3) is 0 Å². The second-order valence-electron chi connectivity index (χ2n) is 2.66. The van der Waals surface area contributed by atoms with Crippen LogP contribution in [-0.2, 0) is 6.42 Å². The average Bonchev–Trinajstić information content (AvgIpc) is 2.04. The molecule has 0 spiro atoms. The first-order chi connectivity index (χ1) is 5.27. The third-order valence-electron chi connectivity index (χ3n) is 1.87. The van der Waals surface area contributed by atoms with E-state index in [1.165, 1.54) is 5.56 Å². The quantitative estimate of drug-likeness (QED) is 0.588. The molecule has 1 nitrogen and oxygen atoms in total. The number of aldehydes is 1. The van der Waals surface area contributed by atoms with Crippen molar-refractivity contribution < 1.29 is 4.79 Å². The largest absolute Gasteiger partial charge is 0.298 e. The summed E-state index contributed by atoms with van der Waals surface area (Å²) in [7, 11) is 0. The van der Waals surface area contributed by atoms with Crippen molar-refractivity contribution in [2.75, 3.05) is 0 Å². The molecule has 0 aliphatic rings. The standard InChI is InChI=1S/C10H12O/c1-3-9-4-5-10(7-11)8(2)6-9/h4-7H,3H2,1-2H3. The van der Waals surface area contributed by atoms with Gasteiger partial charge in [0, 0.05) is 5.56 Å². The molecule has 0 heterocycles. The summed E-state index contributed by atoms with van der Waals surface area (Å²) in [5.74, 6) is 0. The van der Waals surface area contributed by atoms with Crippen LogP contribution < -0.4 is 0 Å². The molecular formula is C10H12O. The van der Waals surface area contributed by atoms with Crippen LogP contribution in [-0.4, -0.2) is 6.29 Å². The highest BCUT2D eigenvalue weighted by molar-refractivity contribution is 5.77. The zero-order valence-corrected chi connectivity index (χ0v) is 6.92. The molecule has 0 unspecified atom stereocenters. The Kier molecular flexibility index (Phi) is 2.42. The van der Waals surface area contributed by atoms with E-state index < -0.39 is 0 Å². The van der Waals surface area contributed by atoms with Gasteiger partial charge in [-0.2, -0.15) is 0 Å². The molecule has 1 rings (SSSR count). The molecule has 0 aliphatic carbocycles. The summed E-state index contributed by atoms with van der Waals surface area (Å²) in [5.41, 5.74) is 3.15. The molecule has 1 heteroatoms. The van der Waals surface area contributed by atoms with Gasteiger partial charge in [0.2, 0.25) is 0 Å². The van der Waals surface area contributed by atoms with E-state index in [9.17, 15) is 4.79 Å². The number of benzene rings is 1. The lowest BCUT2D eigenvalue weighted by Crippen LogP contribution is -1.88. The number of hydrogen-bond acceptors (Lipinski definition) is 1. The normalized spacial score (nSPS) is 9.64. The minimum Gasteiger partial charge on any atom is -0.298 e. The molecule has 0 radical (unpaired) electrons. The Morgan fingerprint density at radius 2 is 2.18 bits per heavy atom. The van der Waals surface area contributed by atoms with E-state index in [0.717, 1.165) is 23.8 Å². The number of carbonyl (C=O) groups excluding carboxylic acids is 1. The molecule has 0 saturated heterocycles. The zero-order valence-electron chi connectivity index (χ0n) is 6.92. The highest BCUT2D eigenvalue weighted by Crippen LogP contribution is 2.09. The first-order valence-corrected chi connectivity index (χ1v) is 3.82. The predicted octanol–water partition coefficient (Wildman–Crippen LogP) is 2.37. The molecule has 0 fully saturated rings. The lowest BCUT2D eigenvalue weighted by molar-refractivity contribution is 0.112. The number of hydrogen-bond donors (Lipinski definition) is 0. The molecule has 0 amide bonds. The molecule has 1 aromatic carbocycles. The molecule has 11 heavy (non-hydrogen) atoms. The maximum absolute atomic E-state index is 10.4. The van der Waals surface area contributed by atoms with E-state index in [2.05, 4.69) is 13.0 Å². The first-order valence-electron chi connectivity index (χ1n) is 3.82. The van der Waals surface area contributed by atoms with Crippen LogP contribution >= 0.6 is 0 Å². The van der Waals surface area contributed by atoms with Gasteiger partial charge in [-0.15, -0.1) is 0 Å². The van der Waals surface area contributed by atoms with Gasteiger partial charge >= 0.3 is 0 Å². The lowest BCUT2D eigenvalue weighted by atomic mass is 10.0. The molecule has 1 aromatic rings. The molecule has 0 bridgehead atoms. The Morgan fingerprint density at radius 1 is 1.45 bits per heavy atom. The summed E-state index contributed by atoms with van der Waals surface area (Å²) >= 11 is 0. The van der Waals surface area contributed by atoms with Crippen molar-refractivity contribution in [2.45, 2.75) is 20.3 Å². The van der Waals surface area contributed by atoms with Crippen molar-refractivity contribution in [3.05, 3.63) is 34.9 Å². The monoisotopic (exact) mass is 148 g/mol. The van der Waals surface area contributed by atoms with E-state index in [0.29, 0.717) is 0 Å². The van der Waals surface area contributed by atoms with Crippen LogP contribution in [0.5, 0.6) is 0 Å². The second kappa shape index (κ2) is 3.33. The SMILES string of the molecule is CCc1ccc(C=O)c(C)c1. The van der Waals surface area contributed by atoms with Gasteiger partial charge in [0.05, 0.1) is 0 Å². The van der Waals surface area contributed by atoms with Crippen molar-refractivity contribution in [2.24, 2.45) is 0 Å². The molecule has 58 valence electrons. The Hall–Kier alpha value is -1.11. The summed E-state index contributed by atoms with van der Waals surface area (Å²) in [4.78, 5) is 10.4. The molecule has 0 saturated carbocycles. The van der Waals surface area contributed by atoms with Gasteiger partial charge in [-0.05, 0) is 24.5 Å². The predicted molar refractivity (Wildman–Crippen MR) is 45.9 cm³/mol. The molecule has 0 aliphatic heterocycles. The van der Waals surface area contributed by atoms with Crippen molar-refractivity contribution in [1.82, 2.24) is 0 Å². The second-order valence-corrected chi connectivity index (χ2v) is 2.66. The lowest BCUT2D eigenvalue weighted by Gasteiger charge is -2.00. The Bertz CT molecular complexity index is 264.